The van der Waals surface area contributed by atoms with E-state index in [1.807, 2.05) is 17.0 Å². The molecule has 0 aromatic heterocycles. The summed E-state index contributed by atoms with van der Waals surface area (Å²) in [6.07, 6.45) is 0.390. The normalized spacial score (nSPS) is 21.2. The number of nitrogens with zero attached hydrogens (tertiary/aromatic N) is 2. The minimum Gasteiger partial charge on any atom is -0.490 e. The Balaban J connectivity index is 1.55. The summed E-state index contributed by atoms with van der Waals surface area (Å²) in [5.41, 5.74) is 1.42. The molecule has 1 atom stereocenters. The van der Waals surface area contributed by atoms with Gasteiger partial charge in [-0.05, 0) is 23.1 Å². The fourth-order valence-corrected chi connectivity index (χ4v) is 2.59. The number of hydrogen-bond donors (Lipinski definition) is 0. The van der Waals surface area contributed by atoms with Gasteiger partial charge in [-0.2, -0.15) is 4.99 Å². The van der Waals surface area contributed by atoms with Crippen molar-refractivity contribution in [2.24, 2.45) is 4.99 Å². The van der Waals surface area contributed by atoms with E-state index in [1.54, 1.807) is 0 Å². The van der Waals surface area contributed by atoms with Crippen LogP contribution in [0, 0.1) is 0 Å². The van der Waals surface area contributed by atoms with Crippen LogP contribution in [0.3, 0.4) is 0 Å². The highest BCUT2D eigenvalue weighted by molar-refractivity contribution is 5.93. The van der Waals surface area contributed by atoms with Crippen molar-refractivity contribution in [1.29, 1.82) is 0 Å². The van der Waals surface area contributed by atoms with Crippen molar-refractivity contribution in [3.8, 4) is 5.75 Å². The van der Waals surface area contributed by atoms with Gasteiger partial charge in [0.05, 0.1) is 6.54 Å². The predicted octanol–water partition coefficient (Wildman–Crippen LogP) is 2.35. The number of carbonyl (C=O) groups excluding carboxylic acids is 1. The highest BCUT2D eigenvalue weighted by Gasteiger charge is 2.33. The van der Waals surface area contributed by atoms with Gasteiger partial charge in [0.1, 0.15) is 12.4 Å². The van der Waals surface area contributed by atoms with Crippen LogP contribution >= 0.6 is 0 Å². The van der Waals surface area contributed by atoms with Gasteiger partial charge in [0.15, 0.2) is 6.10 Å². The molecule has 1 aromatic carbocycles. The minimum atomic E-state index is -0.106. The lowest BCUT2D eigenvalue weighted by atomic mass is 9.87. The van der Waals surface area contributed by atoms with E-state index in [0.717, 1.165) is 12.3 Å². The third kappa shape index (κ3) is 3.24. The first-order valence-electron chi connectivity index (χ1n) is 7.68. The summed E-state index contributed by atoms with van der Waals surface area (Å²) in [7, 11) is 0. The van der Waals surface area contributed by atoms with Crippen LogP contribution in [0.5, 0.6) is 5.75 Å². The Morgan fingerprint density at radius 3 is 2.73 bits per heavy atom. The molecule has 3 rings (SSSR count). The first-order valence-corrected chi connectivity index (χ1v) is 7.68. The van der Waals surface area contributed by atoms with Gasteiger partial charge in [0.2, 0.25) is 0 Å². The molecule has 1 amide bonds. The summed E-state index contributed by atoms with van der Waals surface area (Å²) < 4.78 is 11.5. The van der Waals surface area contributed by atoms with E-state index in [2.05, 4.69) is 37.9 Å². The van der Waals surface area contributed by atoms with E-state index in [-0.39, 0.29) is 17.4 Å². The van der Waals surface area contributed by atoms with Crippen molar-refractivity contribution in [2.75, 3.05) is 19.7 Å². The van der Waals surface area contributed by atoms with Gasteiger partial charge >= 0.3 is 0 Å². The Kier molecular flexibility index (Phi) is 3.81. The summed E-state index contributed by atoms with van der Waals surface area (Å²) in [4.78, 5) is 17.2. The smallest absolute Gasteiger partial charge is 0.295 e. The van der Waals surface area contributed by atoms with Gasteiger partial charge in [0, 0.05) is 13.0 Å². The molecule has 0 spiro atoms. The molecule has 5 nitrogen and oxygen atoms in total. The monoisotopic (exact) mass is 302 g/mol. The van der Waals surface area contributed by atoms with E-state index < -0.39 is 0 Å². The average Bonchev–Trinajstić information content (AvgIpc) is 2.86. The molecular formula is C17H22N2O3. The van der Waals surface area contributed by atoms with Crippen molar-refractivity contribution in [3.05, 3.63) is 29.8 Å². The Hall–Kier alpha value is -2.04. The number of amidine groups is 1. The summed E-state index contributed by atoms with van der Waals surface area (Å²) in [5, 5.41) is 0. The van der Waals surface area contributed by atoms with Gasteiger partial charge in [0.25, 0.3) is 11.9 Å². The summed E-state index contributed by atoms with van der Waals surface area (Å²) in [5.74, 6) is 0.727. The van der Waals surface area contributed by atoms with Gasteiger partial charge in [-0.25, -0.2) is 0 Å². The van der Waals surface area contributed by atoms with Crippen molar-refractivity contribution >= 4 is 11.9 Å². The van der Waals surface area contributed by atoms with Crippen molar-refractivity contribution in [1.82, 2.24) is 4.90 Å². The van der Waals surface area contributed by atoms with E-state index in [1.165, 1.54) is 5.56 Å². The van der Waals surface area contributed by atoms with Crippen molar-refractivity contribution < 1.29 is 14.3 Å². The molecule has 0 aliphatic carbocycles. The van der Waals surface area contributed by atoms with Crippen LogP contribution in [0.25, 0.3) is 0 Å². The molecular weight excluding hydrogens is 280 g/mol. The van der Waals surface area contributed by atoms with Gasteiger partial charge < -0.3 is 14.4 Å². The van der Waals surface area contributed by atoms with Crippen LogP contribution in [0.4, 0.5) is 0 Å². The van der Waals surface area contributed by atoms with Crippen LogP contribution in [0.2, 0.25) is 0 Å². The molecule has 2 aliphatic heterocycles. The summed E-state index contributed by atoms with van der Waals surface area (Å²) in [6, 6.07) is 8.62. The zero-order valence-electron chi connectivity index (χ0n) is 13.3. The van der Waals surface area contributed by atoms with Crippen molar-refractivity contribution in [3.63, 3.8) is 0 Å². The van der Waals surface area contributed by atoms with Crippen LogP contribution in [-0.4, -0.2) is 42.6 Å². The Morgan fingerprint density at radius 2 is 2.05 bits per heavy atom. The molecule has 0 bridgehead atoms. The maximum absolute atomic E-state index is 11.3. The number of hydrogen-bond acceptors (Lipinski definition) is 4. The predicted molar refractivity (Wildman–Crippen MR) is 84.1 cm³/mol. The number of amides is 1. The molecule has 0 N–H and O–H groups in total. The fourth-order valence-electron chi connectivity index (χ4n) is 2.59. The maximum Gasteiger partial charge on any atom is 0.295 e. The molecule has 1 saturated heterocycles. The van der Waals surface area contributed by atoms with E-state index in [0.29, 0.717) is 25.6 Å². The largest absolute Gasteiger partial charge is 0.490 e. The standard InChI is InChI=1S/C17H22N2O3/c1-17(2,3)12-4-6-13(7-5-12)21-11-14-10-19-9-8-15(20)18-16(19)22-14/h4-7,14H,8-11H2,1-3H3. The lowest BCUT2D eigenvalue weighted by molar-refractivity contribution is -0.118. The third-order valence-corrected chi connectivity index (χ3v) is 3.94. The molecule has 1 fully saturated rings. The first kappa shape index (κ1) is 14.9. The van der Waals surface area contributed by atoms with Gasteiger partial charge in [-0.1, -0.05) is 32.9 Å². The molecule has 1 aromatic rings. The molecule has 5 heteroatoms. The van der Waals surface area contributed by atoms with Gasteiger partial charge in [-0.15, -0.1) is 0 Å². The van der Waals surface area contributed by atoms with Gasteiger partial charge in [-0.3, -0.25) is 4.79 Å². The average molecular weight is 302 g/mol. The zero-order chi connectivity index (χ0) is 15.7. The molecule has 0 saturated carbocycles. The molecule has 1 unspecified atom stereocenters. The van der Waals surface area contributed by atoms with Crippen LogP contribution in [0.15, 0.2) is 29.3 Å². The number of ether oxygens (including phenoxy) is 2. The summed E-state index contributed by atoms with van der Waals surface area (Å²) in [6.45, 7) is 8.44. The first-order chi connectivity index (χ1) is 10.4. The van der Waals surface area contributed by atoms with Crippen molar-refractivity contribution in [2.45, 2.75) is 38.7 Å². The third-order valence-electron chi connectivity index (χ3n) is 3.94. The Morgan fingerprint density at radius 1 is 1.32 bits per heavy atom. The summed E-state index contributed by atoms with van der Waals surface area (Å²) >= 11 is 0. The second kappa shape index (κ2) is 5.63. The second-order valence-electron chi connectivity index (χ2n) is 6.81. The van der Waals surface area contributed by atoms with E-state index in [9.17, 15) is 4.79 Å². The number of fused-ring (bicyclic) bond motifs is 1. The quantitative estimate of drug-likeness (QED) is 0.860. The molecule has 0 radical (unpaired) electrons. The Bertz CT molecular complexity index is 587. The molecule has 2 aliphatic rings. The minimum absolute atomic E-state index is 0.0769. The SMILES string of the molecule is CC(C)(C)c1ccc(OCC2CN3CCC(=O)N=C3O2)cc1. The van der Waals surface area contributed by atoms with E-state index in [4.69, 9.17) is 9.47 Å². The molecule has 2 heterocycles. The maximum atomic E-state index is 11.3. The van der Waals surface area contributed by atoms with Crippen LogP contribution in [-0.2, 0) is 14.9 Å². The second-order valence-corrected chi connectivity index (χ2v) is 6.81. The highest BCUT2D eigenvalue weighted by atomic mass is 16.6. The highest BCUT2D eigenvalue weighted by Crippen LogP contribution is 2.24. The zero-order valence-corrected chi connectivity index (χ0v) is 13.3. The number of carbonyl (C=O) groups is 1. The Labute approximate surface area is 130 Å². The lowest BCUT2D eigenvalue weighted by Gasteiger charge is -2.19. The van der Waals surface area contributed by atoms with Crippen LogP contribution < -0.4 is 4.74 Å². The topological polar surface area (TPSA) is 51.1 Å². The number of benzene rings is 1. The number of aliphatic imine (C=N–C) groups is 1. The lowest BCUT2D eigenvalue weighted by Crippen LogP contribution is -2.33. The molecule has 118 valence electrons. The fraction of sp³-hybridized carbons (Fsp3) is 0.529. The molecule has 22 heavy (non-hydrogen) atoms. The van der Waals surface area contributed by atoms with Crippen LogP contribution in [0.1, 0.15) is 32.8 Å². The van der Waals surface area contributed by atoms with E-state index >= 15 is 0 Å². The number of rotatable bonds is 3.